The fourth-order valence-corrected chi connectivity index (χ4v) is 6.88. The number of hydrogen-bond acceptors (Lipinski definition) is 4. The van der Waals surface area contributed by atoms with Crippen molar-refractivity contribution in [1.29, 1.82) is 0 Å². The predicted octanol–water partition coefficient (Wildman–Crippen LogP) is 6.53. The number of carbonyl (C=O) groups excluding carboxylic acids is 1. The summed E-state index contributed by atoms with van der Waals surface area (Å²) in [5.74, 6) is 0.586. The van der Waals surface area contributed by atoms with Crippen molar-refractivity contribution in [2.75, 3.05) is 0 Å². The molecule has 2 aliphatic rings. The van der Waals surface area contributed by atoms with E-state index in [9.17, 15) is 4.79 Å². The molecule has 2 aliphatic carbocycles. The van der Waals surface area contributed by atoms with E-state index in [1.54, 1.807) is 18.0 Å². The van der Waals surface area contributed by atoms with Crippen LogP contribution in [-0.2, 0) is 9.53 Å². The van der Waals surface area contributed by atoms with Crippen LogP contribution in [0.1, 0.15) is 72.3 Å². The zero-order valence-corrected chi connectivity index (χ0v) is 20.1. The lowest BCUT2D eigenvalue weighted by atomic mass is 9.70. The Bertz CT molecular complexity index is 867. The van der Waals surface area contributed by atoms with E-state index in [0.717, 1.165) is 37.1 Å². The number of nitrogens with zero attached hydrogens (tertiary/aromatic N) is 2. The number of thioether (sulfide) groups is 1. The van der Waals surface area contributed by atoms with Gasteiger partial charge in [0, 0.05) is 30.0 Å². The number of pyridine rings is 1. The molecule has 2 aromatic heterocycles. The minimum atomic E-state index is -0.264. The van der Waals surface area contributed by atoms with Crippen molar-refractivity contribution < 1.29 is 9.53 Å². The number of ether oxygens (including phenoxy) is 1. The molecule has 2 aromatic rings. The molecule has 2 fully saturated rings. The Morgan fingerprint density at radius 2 is 2.03 bits per heavy atom. The quantitative estimate of drug-likeness (QED) is 0.328. The summed E-state index contributed by atoms with van der Waals surface area (Å²) in [5.41, 5.74) is 0.314. The lowest BCUT2D eigenvalue weighted by molar-refractivity contribution is -0.156. The van der Waals surface area contributed by atoms with Gasteiger partial charge in [0.05, 0.1) is 5.03 Å². The Morgan fingerprint density at radius 3 is 2.61 bits per heavy atom. The number of carbonyl (C=O) groups is 1. The summed E-state index contributed by atoms with van der Waals surface area (Å²) in [6.07, 6.45) is 12.3. The fraction of sp³-hybridized carbons (Fsp3) is 0.615. The molecule has 0 aliphatic heterocycles. The van der Waals surface area contributed by atoms with Gasteiger partial charge < -0.3 is 9.30 Å². The largest absolute Gasteiger partial charge is 0.461 e. The molecule has 2 bridgehead atoms. The number of fused-ring (bicyclic) bond motifs is 2. The van der Waals surface area contributed by atoms with Crippen molar-refractivity contribution >= 4 is 17.7 Å². The van der Waals surface area contributed by atoms with Crippen LogP contribution in [0.15, 0.2) is 53.9 Å². The first kappa shape index (κ1) is 22.4. The van der Waals surface area contributed by atoms with Crippen molar-refractivity contribution in [2.45, 2.75) is 88.6 Å². The van der Waals surface area contributed by atoms with Crippen molar-refractivity contribution in [3.05, 3.63) is 48.9 Å². The van der Waals surface area contributed by atoms with Gasteiger partial charge >= 0.3 is 5.97 Å². The third-order valence-corrected chi connectivity index (χ3v) is 9.45. The van der Waals surface area contributed by atoms with Crippen LogP contribution >= 0.6 is 11.8 Å². The highest BCUT2D eigenvalue weighted by Crippen LogP contribution is 2.66. The number of hydrogen-bond donors (Lipinski definition) is 0. The molecule has 0 aromatic carbocycles. The van der Waals surface area contributed by atoms with Gasteiger partial charge in [0.2, 0.25) is 0 Å². The molecule has 4 nitrogen and oxygen atoms in total. The topological polar surface area (TPSA) is 44.1 Å². The fourth-order valence-electron chi connectivity index (χ4n) is 5.84. The Morgan fingerprint density at radius 1 is 1.26 bits per heavy atom. The third kappa shape index (κ3) is 4.30. The lowest BCUT2D eigenvalue weighted by Gasteiger charge is -2.39. The van der Waals surface area contributed by atoms with Crippen LogP contribution in [0, 0.1) is 16.7 Å². The Balaban J connectivity index is 1.53. The molecule has 0 spiro atoms. The molecule has 0 N–H and O–H groups in total. The summed E-state index contributed by atoms with van der Waals surface area (Å²) in [6, 6.07) is 10.3. The first-order chi connectivity index (χ1) is 14.8. The van der Waals surface area contributed by atoms with Gasteiger partial charge in [-0.3, -0.25) is 4.79 Å². The Kier molecular flexibility index (Phi) is 6.52. The number of aromatic nitrogens is 2. The van der Waals surface area contributed by atoms with Crippen molar-refractivity contribution in [3.63, 3.8) is 0 Å². The molecule has 2 saturated carbocycles. The lowest BCUT2D eigenvalue weighted by Crippen LogP contribution is -2.40. The van der Waals surface area contributed by atoms with Crippen LogP contribution in [-0.4, -0.2) is 26.9 Å². The molecule has 0 amide bonds. The SMILES string of the molecule is CCC[C@@H](C[C@H](Sc1ccccn1)C(=O)O[C@@H]1C[C@@H]2CC[C@@]1(C)C2(C)C)n1cccc1. The predicted molar refractivity (Wildman–Crippen MR) is 126 cm³/mol. The summed E-state index contributed by atoms with van der Waals surface area (Å²) in [4.78, 5) is 18.0. The standard InChI is InChI=1S/C26H36N2O2S/c1-5-10-20(28-15-8-9-16-28)18-21(31-23-11-6-7-14-27-23)24(29)30-22-17-19-12-13-26(22,4)25(19,2)3/h6-9,11,14-16,19-22H,5,10,12-13,17-18H2,1-4H3/t19-,20-,21-,22+,26+/m0/s1. The third-order valence-electron chi connectivity index (χ3n) is 8.29. The molecular formula is C26H36N2O2S. The maximum atomic E-state index is 13.6. The van der Waals surface area contributed by atoms with Crippen LogP contribution in [0.3, 0.4) is 0 Å². The van der Waals surface area contributed by atoms with E-state index < -0.39 is 0 Å². The van der Waals surface area contributed by atoms with Gasteiger partial charge in [-0.15, -0.1) is 0 Å². The van der Waals surface area contributed by atoms with E-state index in [4.69, 9.17) is 4.74 Å². The normalized spacial score (nSPS) is 28.4. The van der Waals surface area contributed by atoms with Crippen LogP contribution in [0.2, 0.25) is 0 Å². The molecule has 0 radical (unpaired) electrons. The second-order valence-corrected chi connectivity index (χ2v) is 11.3. The van der Waals surface area contributed by atoms with E-state index in [1.165, 1.54) is 6.42 Å². The molecule has 168 valence electrons. The van der Waals surface area contributed by atoms with Gasteiger partial charge in [-0.2, -0.15) is 0 Å². The average Bonchev–Trinajstić information content (AvgIpc) is 3.40. The second kappa shape index (κ2) is 9.01. The van der Waals surface area contributed by atoms with Gasteiger partial charge in [0.25, 0.3) is 0 Å². The van der Waals surface area contributed by atoms with Crippen LogP contribution in [0.25, 0.3) is 0 Å². The van der Waals surface area contributed by atoms with Gasteiger partial charge in [0.15, 0.2) is 0 Å². The highest BCUT2D eigenvalue weighted by Gasteiger charge is 2.63. The molecule has 5 heteroatoms. The Hall–Kier alpha value is -1.75. The number of rotatable bonds is 9. The van der Waals surface area contributed by atoms with Gasteiger partial charge in [-0.05, 0) is 67.7 Å². The van der Waals surface area contributed by atoms with Crippen LogP contribution in [0.5, 0.6) is 0 Å². The molecule has 5 atom stereocenters. The summed E-state index contributed by atoms with van der Waals surface area (Å²) in [7, 11) is 0. The monoisotopic (exact) mass is 440 g/mol. The second-order valence-electron chi connectivity index (χ2n) is 10.1. The van der Waals surface area contributed by atoms with E-state index in [1.807, 2.05) is 18.2 Å². The highest BCUT2D eigenvalue weighted by atomic mass is 32.2. The van der Waals surface area contributed by atoms with Gasteiger partial charge in [-0.1, -0.05) is 51.9 Å². The van der Waals surface area contributed by atoms with Crippen LogP contribution in [0.4, 0.5) is 0 Å². The van der Waals surface area contributed by atoms with Crippen molar-refractivity contribution in [1.82, 2.24) is 9.55 Å². The highest BCUT2D eigenvalue weighted by molar-refractivity contribution is 8.00. The minimum Gasteiger partial charge on any atom is -0.461 e. The zero-order valence-electron chi connectivity index (χ0n) is 19.3. The van der Waals surface area contributed by atoms with Gasteiger partial charge in [-0.25, -0.2) is 4.98 Å². The summed E-state index contributed by atoms with van der Waals surface area (Å²) in [6.45, 7) is 9.26. The average molecular weight is 441 g/mol. The summed E-state index contributed by atoms with van der Waals surface area (Å²) >= 11 is 1.55. The molecule has 2 heterocycles. The zero-order chi connectivity index (χ0) is 22.1. The van der Waals surface area contributed by atoms with Crippen LogP contribution < -0.4 is 0 Å². The maximum absolute atomic E-state index is 13.6. The molecule has 4 rings (SSSR count). The number of esters is 1. The molecular weight excluding hydrogens is 404 g/mol. The first-order valence-corrected chi connectivity index (χ1v) is 12.6. The van der Waals surface area contributed by atoms with E-state index >= 15 is 0 Å². The van der Waals surface area contributed by atoms with E-state index in [-0.39, 0.29) is 34.2 Å². The van der Waals surface area contributed by atoms with Crippen molar-refractivity contribution in [2.24, 2.45) is 16.7 Å². The molecule has 31 heavy (non-hydrogen) atoms. The van der Waals surface area contributed by atoms with E-state index in [0.29, 0.717) is 5.92 Å². The Labute approximate surface area is 191 Å². The van der Waals surface area contributed by atoms with E-state index in [2.05, 4.69) is 61.8 Å². The first-order valence-electron chi connectivity index (χ1n) is 11.8. The molecule has 0 unspecified atom stereocenters. The van der Waals surface area contributed by atoms with Gasteiger partial charge in [0.1, 0.15) is 11.4 Å². The molecule has 0 saturated heterocycles. The van der Waals surface area contributed by atoms with Crippen molar-refractivity contribution in [3.8, 4) is 0 Å². The summed E-state index contributed by atoms with van der Waals surface area (Å²) < 4.78 is 8.56. The maximum Gasteiger partial charge on any atom is 0.319 e. The smallest absolute Gasteiger partial charge is 0.319 e. The summed E-state index contributed by atoms with van der Waals surface area (Å²) in [5, 5.41) is 0.617. The minimum absolute atomic E-state index is 0.0248.